The van der Waals surface area contributed by atoms with E-state index >= 15 is 0 Å². The van der Waals surface area contributed by atoms with Gasteiger partial charge in [0.1, 0.15) is 23.7 Å². The second-order valence-corrected chi connectivity index (χ2v) is 15.2. The molecule has 0 bridgehead atoms. The molecule has 1 aromatic carbocycles. The van der Waals surface area contributed by atoms with Gasteiger partial charge in [0.05, 0.1) is 11.4 Å². The number of benzene rings is 1. The number of fused-ring (bicyclic) bond motifs is 2. The van der Waals surface area contributed by atoms with Crippen LogP contribution < -0.4 is 10.6 Å². The molecule has 2 N–H and O–H groups in total. The fourth-order valence-electron chi connectivity index (χ4n) is 6.40. The number of rotatable bonds is 5. The van der Waals surface area contributed by atoms with E-state index in [0.29, 0.717) is 12.2 Å². The van der Waals surface area contributed by atoms with Crippen molar-refractivity contribution in [3.05, 3.63) is 42.0 Å². The lowest BCUT2D eigenvalue weighted by atomic mass is 9.77. The van der Waals surface area contributed by atoms with E-state index in [0.717, 1.165) is 37.0 Å². The predicted molar refractivity (Wildman–Crippen MR) is 165 cm³/mol. The molecule has 5 rings (SSSR count). The summed E-state index contributed by atoms with van der Waals surface area (Å²) in [4.78, 5) is 58.5. The number of allylic oxidation sites excluding steroid dienone is 2. The number of likely N-dealkylation sites (N-methyl/N-ethyl adjacent to an activating group) is 1. The van der Waals surface area contributed by atoms with Gasteiger partial charge < -0.3 is 20.3 Å². The third-order valence-corrected chi connectivity index (χ3v) is 11.1. The zero-order chi connectivity index (χ0) is 30.2. The molecular formula is C31H42N4O5S2. The average molecular weight is 615 g/mol. The van der Waals surface area contributed by atoms with Gasteiger partial charge in [-0.3, -0.25) is 19.3 Å². The molecular weight excluding hydrogens is 572 g/mol. The molecule has 0 aromatic heterocycles. The van der Waals surface area contributed by atoms with Crippen LogP contribution in [0.2, 0.25) is 0 Å². The number of carbonyl (C=O) groups is 4. The highest BCUT2D eigenvalue weighted by Gasteiger charge is 2.58. The fourth-order valence-corrected chi connectivity index (χ4v) is 9.01. The predicted octanol–water partition coefficient (Wildman–Crippen LogP) is 4.48. The maximum atomic E-state index is 14.2. The summed E-state index contributed by atoms with van der Waals surface area (Å²) in [5.41, 5.74) is 0.0798. The molecule has 3 aliphatic heterocycles. The summed E-state index contributed by atoms with van der Waals surface area (Å²) in [7, 11) is 1.51. The number of hydrogen-bond acceptors (Lipinski definition) is 7. The summed E-state index contributed by atoms with van der Waals surface area (Å²) in [6.45, 7) is 6.92. The first kappa shape index (κ1) is 30.8. The first-order valence-corrected chi connectivity index (χ1v) is 16.8. The van der Waals surface area contributed by atoms with Gasteiger partial charge in [-0.2, -0.15) is 0 Å². The first-order valence-electron chi connectivity index (χ1n) is 14.8. The van der Waals surface area contributed by atoms with Crippen LogP contribution in [0.15, 0.2) is 41.3 Å². The van der Waals surface area contributed by atoms with Gasteiger partial charge in [-0.05, 0) is 77.2 Å². The van der Waals surface area contributed by atoms with Gasteiger partial charge in [-0.25, -0.2) is 4.79 Å². The van der Waals surface area contributed by atoms with Crippen LogP contribution in [-0.4, -0.2) is 81.3 Å². The molecule has 0 saturated carbocycles. The second kappa shape index (κ2) is 12.1. The maximum Gasteiger partial charge on any atom is 0.410 e. The van der Waals surface area contributed by atoms with E-state index < -0.39 is 35.7 Å². The average Bonchev–Trinajstić information content (AvgIpc) is 3.50. The smallest absolute Gasteiger partial charge is 0.410 e. The van der Waals surface area contributed by atoms with Crippen LogP contribution in [0.3, 0.4) is 0 Å². The molecule has 5 atom stereocenters. The molecule has 1 aromatic rings. The van der Waals surface area contributed by atoms with E-state index in [2.05, 4.69) is 34.9 Å². The number of ether oxygens (including phenoxy) is 1. The molecule has 1 unspecified atom stereocenters. The second-order valence-electron chi connectivity index (χ2n) is 12.8. The molecule has 3 heterocycles. The van der Waals surface area contributed by atoms with E-state index in [1.165, 1.54) is 16.8 Å². The lowest BCUT2D eigenvalue weighted by Crippen LogP contribution is -2.59. The number of hydrogen-bond donors (Lipinski definition) is 2. The summed E-state index contributed by atoms with van der Waals surface area (Å²) < 4.78 is 5.41. The minimum Gasteiger partial charge on any atom is -0.444 e. The number of carbonyl (C=O) groups excluding carboxylic acids is 4. The molecule has 0 radical (unpaired) electrons. The zero-order valence-electron chi connectivity index (χ0n) is 25.1. The van der Waals surface area contributed by atoms with E-state index in [1.807, 2.05) is 12.1 Å². The lowest BCUT2D eigenvalue weighted by Gasteiger charge is -2.37. The van der Waals surface area contributed by atoms with E-state index in [1.54, 1.807) is 56.1 Å². The number of nitrogens with zero attached hydrogens (tertiary/aromatic N) is 2. The third-order valence-electron chi connectivity index (χ3n) is 8.72. The summed E-state index contributed by atoms with van der Waals surface area (Å²) in [6, 6.07) is 5.84. The Bertz CT molecular complexity index is 1260. The highest BCUT2D eigenvalue weighted by atomic mass is 32.2. The Morgan fingerprint density at radius 1 is 1.07 bits per heavy atom. The Labute approximate surface area is 256 Å². The van der Waals surface area contributed by atoms with Gasteiger partial charge in [0.2, 0.25) is 17.7 Å². The minimum absolute atomic E-state index is 0.102. The van der Waals surface area contributed by atoms with Gasteiger partial charge in [0.25, 0.3) is 0 Å². The number of amides is 4. The minimum atomic E-state index is -0.841. The van der Waals surface area contributed by atoms with Crippen molar-refractivity contribution in [3.63, 3.8) is 0 Å². The van der Waals surface area contributed by atoms with E-state index in [-0.39, 0.29) is 28.6 Å². The molecule has 1 spiro atoms. The highest BCUT2D eigenvalue weighted by molar-refractivity contribution is 8.00. The molecule has 11 heteroatoms. The Balaban J connectivity index is 1.34. The van der Waals surface area contributed by atoms with E-state index in [9.17, 15) is 19.2 Å². The maximum absolute atomic E-state index is 14.2. The summed E-state index contributed by atoms with van der Waals surface area (Å²) >= 11 is 3.49. The molecule has 4 amide bonds. The van der Waals surface area contributed by atoms with Gasteiger partial charge in [-0.1, -0.05) is 30.4 Å². The quantitative estimate of drug-likeness (QED) is 0.471. The van der Waals surface area contributed by atoms with Crippen molar-refractivity contribution in [2.75, 3.05) is 18.6 Å². The van der Waals surface area contributed by atoms with Crippen LogP contribution in [0.5, 0.6) is 0 Å². The summed E-state index contributed by atoms with van der Waals surface area (Å²) in [5.74, 6) is 0.823. The molecule has 4 aliphatic rings. The van der Waals surface area contributed by atoms with Gasteiger partial charge >= 0.3 is 6.09 Å². The molecule has 42 heavy (non-hydrogen) atoms. The fraction of sp³-hybridized carbons (Fsp3) is 0.613. The number of thioether (sulfide) groups is 2. The van der Waals surface area contributed by atoms with Crippen molar-refractivity contribution < 1.29 is 23.9 Å². The molecule has 2 saturated heterocycles. The topological polar surface area (TPSA) is 108 Å². The van der Waals surface area contributed by atoms with Crippen molar-refractivity contribution >= 4 is 47.3 Å². The van der Waals surface area contributed by atoms with Crippen LogP contribution in [0.1, 0.15) is 71.4 Å². The van der Waals surface area contributed by atoms with Crippen LogP contribution in [0.25, 0.3) is 0 Å². The van der Waals surface area contributed by atoms with Gasteiger partial charge in [-0.15, -0.1) is 23.5 Å². The first-order chi connectivity index (χ1) is 19.9. The molecule has 2 fully saturated rings. The van der Waals surface area contributed by atoms with Crippen LogP contribution in [0.4, 0.5) is 4.79 Å². The van der Waals surface area contributed by atoms with E-state index in [4.69, 9.17) is 4.74 Å². The molecule has 1 aliphatic carbocycles. The molecule has 228 valence electrons. The largest absolute Gasteiger partial charge is 0.444 e. The highest BCUT2D eigenvalue weighted by Crippen LogP contribution is 2.53. The Morgan fingerprint density at radius 3 is 2.48 bits per heavy atom. The Kier molecular flexibility index (Phi) is 8.90. The molecule has 9 nitrogen and oxygen atoms in total. The van der Waals surface area contributed by atoms with Crippen LogP contribution in [0, 0.1) is 5.41 Å². The Hall–Kier alpha value is -2.66. The van der Waals surface area contributed by atoms with Crippen LogP contribution >= 0.6 is 23.5 Å². The summed E-state index contributed by atoms with van der Waals surface area (Å²) in [6.07, 6.45) is 7.17. The zero-order valence-corrected chi connectivity index (χ0v) is 26.7. The van der Waals surface area contributed by atoms with Gasteiger partial charge in [0, 0.05) is 23.1 Å². The standard InChI is InChI=1S/C31H42N4O5S2/c1-19(34(5)29(39)40-30(2,3)4)26(36)33-22-13-17-42-24-18-31(14-8-9-15-31)25(35(24)28(22)38)27(37)32-21-12-16-41-23-11-7-6-10-20(21)23/h6-11,19,21-22,24-25H,12-18H2,1-5H3,(H,32,37)(H,33,36)/t19-,21?,22-,24-,25+/m0/s1. The monoisotopic (exact) mass is 614 g/mol. The van der Waals surface area contributed by atoms with Crippen molar-refractivity contribution in [1.29, 1.82) is 0 Å². The van der Waals surface area contributed by atoms with Crippen molar-refractivity contribution in [1.82, 2.24) is 20.4 Å². The van der Waals surface area contributed by atoms with Crippen molar-refractivity contribution in [2.24, 2.45) is 5.41 Å². The third kappa shape index (κ3) is 6.18. The normalized spacial score (nSPS) is 27.1. The van der Waals surface area contributed by atoms with Crippen LogP contribution in [-0.2, 0) is 19.1 Å². The lowest BCUT2D eigenvalue weighted by molar-refractivity contribution is -0.144. The number of nitrogens with one attached hydrogen (secondary N) is 2. The van der Waals surface area contributed by atoms with Crippen molar-refractivity contribution in [2.45, 2.75) is 99.8 Å². The van der Waals surface area contributed by atoms with Crippen molar-refractivity contribution in [3.8, 4) is 0 Å². The van der Waals surface area contributed by atoms with Gasteiger partial charge in [0.15, 0.2) is 0 Å². The Morgan fingerprint density at radius 2 is 1.76 bits per heavy atom. The SMILES string of the molecule is C[C@@H](C(=O)N[C@H]1CCS[C@H]2CC3(CC=CC3)[C@@H](C(=O)NC3CCSc4ccccc43)N2C1=O)N(C)C(=O)OC(C)(C)C. The summed E-state index contributed by atoms with van der Waals surface area (Å²) in [5, 5.41) is 6.11.